The minimum atomic E-state index is -0.404. The summed E-state index contributed by atoms with van der Waals surface area (Å²) in [5, 5.41) is 0.524. The smallest absolute Gasteiger partial charge is 0.338 e. The van der Waals surface area contributed by atoms with Crippen LogP contribution in [0.1, 0.15) is 28.4 Å². The number of para-hydroxylation sites is 1. The Morgan fingerprint density at radius 2 is 1.86 bits per heavy atom. The summed E-state index contributed by atoms with van der Waals surface area (Å²) in [6.07, 6.45) is 1.82. The minimum Gasteiger partial charge on any atom is -0.488 e. The van der Waals surface area contributed by atoms with Crippen molar-refractivity contribution >= 4 is 56.5 Å². The van der Waals surface area contributed by atoms with Crippen LogP contribution in [-0.2, 0) is 16.1 Å². The van der Waals surface area contributed by atoms with Gasteiger partial charge in [0, 0.05) is 17.1 Å². The third-order valence-electron chi connectivity index (χ3n) is 5.10. The molecule has 0 spiro atoms. The van der Waals surface area contributed by atoms with Crippen LogP contribution in [0.2, 0.25) is 0 Å². The molecule has 1 amide bonds. The van der Waals surface area contributed by atoms with Gasteiger partial charge < -0.3 is 9.47 Å². The first-order chi connectivity index (χ1) is 16.9. The number of benzene rings is 3. The number of halogens is 1. The summed E-state index contributed by atoms with van der Waals surface area (Å²) in [5.41, 5.74) is 2.83. The number of esters is 1. The van der Waals surface area contributed by atoms with Gasteiger partial charge in [0.25, 0.3) is 5.91 Å². The van der Waals surface area contributed by atoms with Crippen LogP contribution in [0.3, 0.4) is 0 Å². The van der Waals surface area contributed by atoms with E-state index in [1.165, 1.54) is 16.7 Å². The Bertz CT molecular complexity index is 1300. The van der Waals surface area contributed by atoms with E-state index in [1.54, 1.807) is 38.2 Å². The quantitative estimate of drug-likeness (QED) is 0.250. The Morgan fingerprint density at radius 3 is 2.63 bits per heavy atom. The van der Waals surface area contributed by atoms with Gasteiger partial charge in [-0.15, -0.1) is 0 Å². The number of aliphatic imine (C=N–C) groups is 1. The monoisotopic (exact) mass is 550 g/mol. The normalized spacial score (nSPS) is 15.6. The summed E-state index contributed by atoms with van der Waals surface area (Å²) < 4.78 is 12.1. The first-order valence-corrected chi connectivity index (χ1v) is 12.6. The molecule has 3 aromatic rings. The summed E-state index contributed by atoms with van der Waals surface area (Å²) in [4.78, 5) is 31.6. The Morgan fingerprint density at radius 1 is 1.09 bits per heavy atom. The molecule has 3 aromatic carbocycles. The summed E-state index contributed by atoms with van der Waals surface area (Å²) in [7, 11) is 1.68. The topological polar surface area (TPSA) is 68.2 Å². The Balaban J connectivity index is 1.54. The lowest BCUT2D eigenvalue weighted by atomic mass is 10.2. The van der Waals surface area contributed by atoms with Crippen molar-refractivity contribution < 1.29 is 19.1 Å². The lowest BCUT2D eigenvalue weighted by molar-refractivity contribution is -0.121. The molecule has 0 aliphatic carbocycles. The Hall–Kier alpha value is -3.36. The third kappa shape index (κ3) is 6.21. The van der Waals surface area contributed by atoms with E-state index >= 15 is 0 Å². The second kappa shape index (κ2) is 11.4. The average Bonchev–Trinajstić information content (AvgIpc) is 3.12. The maximum absolute atomic E-state index is 12.9. The predicted molar refractivity (Wildman–Crippen MR) is 143 cm³/mol. The molecule has 35 heavy (non-hydrogen) atoms. The van der Waals surface area contributed by atoms with E-state index in [1.807, 2.05) is 54.6 Å². The molecule has 1 saturated heterocycles. The SMILES string of the molecule is CCOC(=O)c1cccc(N=C2SC(=Cc3ccccc3OCc3ccc(Br)cc3)C(=O)N2C)c1. The summed E-state index contributed by atoms with van der Waals surface area (Å²) in [6, 6.07) is 22.4. The molecule has 4 rings (SSSR count). The highest BCUT2D eigenvalue weighted by molar-refractivity contribution is 9.10. The summed E-state index contributed by atoms with van der Waals surface area (Å²) in [6.45, 7) is 2.47. The van der Waals surface area contributed by atoms with Gasteiger partial charge in [0.2, 0.25) is 0 Å². The van der Waals surface area contributed by atoms with Gasteiger partial charge in [-0.05, 0) is 66.7 Å². The fourth-order valence-electron chi connectivity index (χ4n) is 3.29. The van der Waals surface area contributed by atoms with Crippen LogP contribution in [0.15, 0.2) is 87.2 Å². The van der Waals surface area contributed by atoms with Crippen molar-refractivity contribution in [2.24, 2.45) is 4.99 Å². The van der Waals surface area contributed by atoms with E-state index in [2.05, 4.69) is 20.9 Å². The van der Waals surface area contributed by atoms with Crippen LogP contribution in [-0.4, -0.2) is 35.6 Å². The number of ether oxygens (including phenoxy) is 2. The van der Waals surface area contributed by atoms with Gasteiger partial charge in [-0.3, -0.25) is 9.69 Å². The number of amides is 1. The second-order valence-electron chi connectivity index (χ2n) is 7.59. The van der Waals surface area contributed by atoms with Gasteiger partial charge >= 0.3 is 5.97 Å². The molecule has 0 atom stereocenters. The molecule has 0 saturated carbocycles. The number of nitrogens with zero attached hydrogens (tertiary/aromatic N) is 2. The molecule has 0 bridgehead atoms. The van der Waals surface area contributed by atoms with Crippen molar-refractivity contribution in [1.29, 1.82) is 0 Å². The zero-order chi connectivity index (χ0) is 24.8. The Kier molecular flexibility index (Phi) is 8.05. The molecule has 1 aliphatic heterocycles. The van der Waals surface area contributed by atoms with Gasteiger partial charge in [0.15, 0.2) is 5.17 Å². The molecular formula is C27H23BrN2O4S. The van der Waals surface area contributed by atoms with E-state index in [4.69, 9.17) is 9.47 Å². The van der Waals surface area contributed by atoms with Crippen LogP contribution in [0.5, 0.6) is 5.75 Å². The fraction of sp³-hybridized carbons (Fsp3) is 0.148. The zero-order valence-electron chi connectivity index (χ0n) is 19.2. The molecule has 6 nitrogen and oxygen atoms in total. The highest BCUT2D eigenvalue weighted by Crippen LogP contribution is 2.35. The van der Waals surface area contributed by atoms with Crippen molar-refractivity contribution in [3.8, 4) is 5.75 Å². The van der Waals surface area contributed by atoms with Crippen LogP contribution < -0.4 is 4.74 Å². The second-order valence-corrected chi connectivity index (χ2v) is 9.52. The molecule has 8 heteroatoms. The van der Waals surface area contributed by atoms with E-state index < -0.39 is 5.97 Å². The van der Waals surface area contributed by atoms with Crippen molar-refractivity contribution in [2.45, 2.75) is 13.5 Å². The largest absolute Gasteiger partial charge is 0.488 e. The van der Waals surface area contributed by atoms with Crippen molar-refractivity contribution in [1.82, 2.24) is 4.90 Å². The molecule has 0 radical (unpaired) electrons. The van der Waals surface area contributed by atoms with Crippen LogP contribution >= 0.6 is 27.7 Å². The molecule has 1 heterocycles. The number of hydrogen-bond acceptors (Lipinski definition) is 6. The molecule has 1 fully saturated rings. The number of carbonyl (C=O) groups excluding carboxylic acids is 2. The maximum atomic E-state index is 12.9. The van der Waals surface area contributed by atoms with Gasteiger partial charge in [0.1, 0.15) is 12.4 Å². The highest BCUT2D eigenvalue weighted by Gasteiger charge is 2.30. The number of hydrogen-bond donors (Lipinski definition) is 0. The molecule has 0 aromatic heterocycles. The van der Waals surface area contributed by atoms with E-state index in [0.717, 1.165) is 15.6 Å². The third-order valence-corrected chi connectivity index (χ3v) is 6.69. The lowest BCUT2D eigenvalue weighted by Crippen LogP contribution is -2.23. The minimum absolute atomic E-state index is 0.155. The Labute approximate surface area is 216 Å². The molecule has 0 N–H and O–H groups in total. The fourth-order valence-corrected chi connectivity index (χ4v) is 4.54. The number of amidine groups is 1. The highest BCUT2D eigenvalue weighted by atomic mass is 79.9. The molecule has 0 unspecified atom stereocenters. The molecule has 178 valence electrons. The first-order valence-electron chi connectivity index (χ1n) is 10.9. The van der Waals surface area contributed by atoms with Crippen LogP contribution in [0.4, 0.5) is 5.69 Å². The van der Waals surface area contributed by atoms with Gasteiger partial charge in [-0.1, -0.05) is 52.3 Å². The van der Waals surface area contributed by atoms with Crippen LogP contribution in [0, 0.1) is 0 Å². The number of carbonyl (C=O) groups is 2. The van der Waals surface area contributed by atoms with E-state index in [9.17, 15) is 9.59 Å². The van der Waals surface area contributed by atoms with Gasteiger partial charge in [0.05, 0.1) is 22.8 Å². The van der Waals surface area contributed by atoms with Crippen molar-refractivity contribution in [2.75, 3.05) is 13.7 Å². The average molecular weight is 551 g/mol. The lowest BCUT2D eigenvalue weighted by Gasteiger charge is -2.10. The summed E-state index contributed by atoms with van der Waals surface area (Å²) >= 11 is 4.71. The van der Waals surface area contributed by atoms with Crippen molar-refractivity contribution in [3.05, 3.63) is 98.9 Å². The predicted octanol–water partition coefficient (Wildman–Crippen LogP) is 6.44. The molecule has 1 aliphatic rings. The van der Waals surface area contributed by atoms with Crippen LogP contribution in [0.25, 0.3) is 6.08 Å². The van der Waals surface area contributed by atoms with Crippen molar-refractivity contribution in [3.63, 3.8) is 0 Å². The number of likely N-dealkylation sites (N-methyl/N-ethyl adjacent to an activating group) is 1. The number of thioether (sulfide) groups is 1. The van der Waals surface area contributed by atoms with E-state index in [-0.39, 0.29) is 5.91 Å². The zero-order valence-corrected chi connectivity index (χ0v) is 21.6. The first kappa shape index (κ1) is 24.8. The van der Waals surface area contributed by atoms with Gasteiger partial charge in [-0.2, -0.15) is 0 Å². The standard InChI is InChI=1S/C27H23BrN2O4S/c1-3-33-26(32)20-8-6-9-22(15-20)29-27-30(2)25(31)24(35-27)16-19-7-4-5-10-23(19)34-17-18-11-13-21(28)14-12-18/h4-16H,3,17H2,1-2H3. The van der Waals surface area contributed by atoms with Gasteiger partial charge in [-0.25, -0.2) is 9.79 Å². The maximum Gasteiger partial charge on any atom is 0.338 e. The number of rotatable bonds is 7. The van der Waals surface area contributed by atoms with E-state index in [0.29, 0.717) is 40.3 Å². The summed E-state index contributed by atoms with van der Waals surface area (Å²) in [5.74, 6) is 0.128. The molecular weight excluding hydrogens is 528 g/mol.